The molecule has 0 saturated heterocycles. The lowest BCUT2D eigenvalue weighted by atomic mass is 9.81. The Morgan fingerprint density at radius 2 is 1.63 bits per heavy atom. The van der Waals surface area contributed by atoms with Crippen molar-refractivity contribution in [1.29, 1.82) is 0 Å². The van der Waals surface area contributed by atoms with Crippen molar-refractivity contribution >= 4 is 34.7 Å². The van der Waals surface area contributed by atoms with E-state index in [2.05, 4.69) is 117 Å². The highest BCUT2D eigenvalue weighted by Gasteiger charge is 2.43. The topological polar surface area (TPSA) is 32.5 Å². The zero-order valence-corrected chi connectivity index (χ0v) is 32.4. The number of carbonyl (C=O) groups is 1. The van der Waals surface area contributed by atoms with Gasteiger partial charge in [0.25, 0.3) is 0 Å². The molecule has 0 saturated carbocycles. The second-order valence-corrected chi connectivity index (χ2v) is 15.8. The first-order chi connectivity index (χ1) is 24.4. The number of nitrogens with zero attached hydrogens (tertiary/aromatic N) is 2. The van der Waals surface area contributed by atoms with Gasteiger partial charge in [0.15, 0.2) is 5.71 Å². The van der Waals surface area contributed by atoms with Crippen LogP contribution in [0.1, 0.15) is 102 Å². The average molecular weight is 702 g/mol. The molecule has 0 bridgehead atoms. The Morgan fingerprint density at radius 1 is 0.922 bits per heavy atom. The summed E-state index contributed by atoms with van der Waals surface area (Å²) in [7, 11) is 0. The maximum atomic E-state index is 12.7. The van der Waals surface area contributed by atoms with E-state index >= 15 is 0 Å². The number of ether oxygens (including phenoxy) is 1. The van der Waals surface area contributed by atoms with Crippen molar-refractivity contribution in [2.45, 2.75) is 104 Å². The van der Waals surface area contributed by atoms with Crippen LogP contribution >= 0.6 is 11.6 Å². The van der Waals surface area contributed by atoms with E-state index in [9.17, 15) is 4.79 Å². The number of allylic oxidation sites excluding steroid dienone is 5. The number of carbonyl (C=O) groups excluding carboxylic acids is 1. The van der Waals surface area contributed by atoms with Crippen molar-refractivity contribution in [3.05, 3.63) is 129 Å². The zero-order chi connectivity index (χ0) is 36.3. The van der Waals surface area contributed by atoms with Gasteiger partial charge in [-0.3, -0.25) is 4.79 Å². The van der Waals surface area contributed by atoms with E-state index in [4.69, 9.17) is 16.3 Å². The third-order valence-electron chi connectivity index (χ3n) is 11.2. The van der Waals surface area contributed by atoms with Crippen molar-refractivity contribution < 1.29 is 14.1 Å². The molecule has 1 unspecified atom stereocenters. The van der Waals surface area contributed by atoms with Crippen molar-refractivity contribution in [2.75, 3.05) is 18.0 Å². The molecular weight excluding hydrogens is 648 g/mol. The number of benzene rings is 3. The fraction of sp³-hybridized carbons (Fsp3) is 0.413. The summed E-state index contributed by atoms with van der Waals surface area (Å²) in [5, 5.41) is 0.940. The summed E-state index contributed by atoms with van der Waals surface area (Å²) in [5.74, 6) is 0.674. The Bertz CT molecular complexity index is 1950. The standard InChI is InChI=1S/C46H54ClN2O2/c1-8-48-38-24-13-11-22-36(38)45(4,5)40(48)29-27-34-20-17-21-35(43(34)47)28-30-41-46(6,7)37-23-12-14-25-39(37)49(41)31-15-9-10-26-42(50)51-44-32(2)18-16-19-33(44)3/h11-14,16,18-19,22-25,27-29,35H,8-10,15,17,20-21,26,31H2,1-7H3/q+1/b29-27+. The molecule has 51 heavy (non-hydrogen) atoms. The Balaban J connectivity index is 1.18. The summed E-state index contributed by atoms with van der Waals surface area (Å²) in [5.41, 5.74) is 14.5. The molecule has 3 aliphatic rings. The molecule has 0 radical (unpaired) electrons. The molecule has 0 aromatic heterocycles. The van der Waals surface area contributed by atoms with E-state index in [0.29, 0.717) is 12.2 Å². The van der Waals surface area contributed by atoms with E-state index in [1.807, 2.05) is 32.0 Å². The number of anilines is 1. The normalized spacial score (nSPS) is 19.0. The zero-order valence-electron chi connectivity index (χ0n) is 31.6. The first kappa shape index (κ1) is 36.7. The van der Waals surface area contributed by atoms with Crippen LogP contribution in [0.4, 0.5) is 11.4 Å². The molecule has 0 fully saturated rings. The predicted octanol–water partition coefficient (Wildman–Crippen LogP) is 11.6. The van der Waals surface area contributed by atoms with Gasteiger partial charge >= 0.3 is 5.97 Å². The number of hydrogen-bond donors (Lipinski definition) is 0. The smallest absolute Gasteiger partial charge is 0.311 e. The van der Waals surface area contributed by atoms with Crippen LogP contribution in [0.15, 0.2) is 107 Å². The van der Waals surface area contributed by atoms with Crippen LogP contribution in [-0.4, -0.2) is 29.3 Å². The Hall–Kier alpha value is -4.11. The summed E-state index contributed by atoms with van der Waals surface area (Å²) in [6, 6.07) is 23.5. The average Bonchev–Trinajstić information content (AvgIpc) is 3.47. The quantitative estimate of drug-likeness (QED) is 0.0656. The van der Waals surface area contributed by atoms with E-state index in [-0.39, 0.29) is 22.7 Å². The lowest BCUT2D eigenvalue weighted by Crippen LogP contribution is -2.27. The molecule has 2 aliphatic heterocycles. The molecule has 0 amide bonds. The molecule has 6 rings (SSSR count). The number of esters is 1. The second-order valence-electron chi connectivity index (χ2n) is 15.4. The molecule has 0 spiro atoms. The fourth-order valence-electron chi connectivity index (χ4n) is 8.31. The number of aryl methyl sites for hydroxylation is 2. The number of halogens is 1. The van der Waals surface area contributed by atoms with Crippen LogP contribution in [0.3, 0.4) is 0 Å². The maximum absolute atomic E-state index is 12.7. The summed E-state index contributed by atoms with van der Waals surface area (Å²) in [4.78, 5) is 15.1. The van der Waals surface area contributed by atoms with Gasteiger partial charge in [-0.05, 0) is 115 Å². The lowest BCUT2D eigenvalue weighted by Gasteiger charge is -2.26. The van der Waals surface area contributed by atoms with Crippen LogP contribution in [0.25, 0.3) is 0 Å². The minimum atomic E-state index is -0.181. The molecule has 4 nitrogen and oxygen atoms in total. The highest BCUT2D eigenvalue weighted by molar-refractivity contribution is 6.30. The number of hydrogen-bond acceptors (Lipinski definition) is 3. The van der Waals surface area contributed by atoms with E-state index in [1.54, 1.807) is 0 Å². The Labute approximate surface area is 310 Å². The van der Waals surface area contributed by atoms with Crippen molar-refractivity contribution in [3.8, 4) is 5.75 Å². The third-order valence-corrected chi connectivity index (χ3v) is 11.7. The Morgan fingerprint density at radius 3 is 2.37 bits per heavy atom. The first-order valence-electron chi connectivity index (χ1n) is 18.9. The predicted molar refractivity (Wildman–Crippen MR) is 213 cm³/mol. The first-order valence-corrected chi connectivity index (χ1v) is 19.2. The van der Waals surface area contributed by atoms with Gasteiger partial charge in [-0.15, -0.1) is 5.73 Å². The molecule has 0 N–H and O–H groups in total. The van der Waals surface area contributed by atoms with Gasteiger partial charge in [0.2, 0.25) is 5.69 Å². The molecule has 266 valence electrons. The summed E-state index contributed by atoms with van der Waals surface area (Å²) < 4.78 is 8.18. The Kier molecular flexibility index (Phi) is 11.0. The van der Waals surface area contributed by atoms with Crippen LogP contribution in [0.2, 0.25) is 0 Å². The molecule has 1 atom stereocenters. The second kappa shape index (κ2) is 15.2. The van der Waals surface area contributed by atoms with Gasteiger partial charge in [-0.2, -0.15) is 4.58 Å². The van der Waals surface area contributed by atoms with E-state index < -0.39 is 0 Å². The maximum Gasteiger partial charge on any atom is 0.311 e. The SMILES string of the molecule is CC[N+]1=C(/C=C/C2=C(Cl)C(C=C=C3N(CCCCCC(=O)Oc4c(C)cccc4C)c4ccccc4C3(C)C)CCC2)C(C)(C)c2ccccc21. The molecule has 3 aromatic rings. The summed E-state index contributed by atoms with van der Waals surface area (Å²) in [6.45, 7) is 17.2. The minimum Gasteiger partial charge on any atom is -0.426 e. The van der Waals surface area contributed by atoms with Gasteiger partial charge < -0.3 is 9.64 Å². The lowest BCUT2D eigenvalue weighted by molar-refractivity contribution is -0.433. The van der Waals surface area contributed by atoms with Gasteiger partial charge in [-0.25, -0.2) is 0 Å². The highest BCUT2D eigenvalue weighted by atomic mass is 35.5. The third kappa shape index (κ3) is 7.32. The highest BCUT2D eigenvalue weighted by Crippen LogP contribution is 2.48. The number of rotatable bonds is 11. The van der Waals surface area contributed by atoms with Crippen LogP contribution in [0.5, 0.6) is 5.75 Å². The van der Waals surface area contributed by atoms with Crippen LogP contribution in [0, 0.1) is 19.8 Å². The number of para-hydroxylation sites is 3. The van der Waals surface area contributed by atoms with Crippen LogP contribution in [-0.2, 0) is 15.6 Å². The molecule has 5 heteroatoms. The molecular formula is C46H54ClN2O2+. The van der Waals surface area contributed by atoms with Crippen molar-refractivity contribution in [2.24, 2.45) is 5.92 Å². The summed E-state index contributed by atoms with van der Waals surface area (Å²) >= 11 is 7.23. The number of fused-ring (bicyclic) bond motifs is 2. The van der Waals surface area contributed by atoms with Gasteiger partial charge in [0, 0.05) is 52.7 Å². The van der Waals surface area contributed by atoms with Crippen molar-refractivity contribution in [3.63, 3.8) is 0 Å². The molecule has 2 heterocycles. The number of unbranched alkanes of at least 4 members (excludes halogenated alkanes) is 2. The van der Waals surface area contributed by atoms with Gasteiger partial charge in [-0.1, -0.05) is 78.7 Å². The monoisotopic (exact) mass is 701 g/mol. The summed E-state index contributed by atoms with van der Waals surface area (Å²) in [6.07, 6.45) is 13.1. The van der Waals surface area contributed by atoms with E-state index in [0.717, 1.165) is 67.8 Å². The van der Waals surface area contributed by atoms with Crippen molar-refractivity contribution in [1.82, 2.24) is 0 Å². The largest absolute Gasteiger partial charge is 0.426 e. The van der Waals surface area contributed by atoms with Gasteiger partial charge in [0.05, 0.1) is 11.1 Å². The molecule has 1 aliphatic carbocycles. The molecule has 3 aromatic carbocycles. The van der Waals surface area contributed by atoms with E-state index in [1.165, 1.54) is 39.5 Å². The van der Waals surface area contributed by atoms with Gasteiger partial charge in [0.1, 0.15) is 12.3 Å². The fourth-order valence-corrected chi connectivity index (χ4v) is 8.64. The van der Waals surface area contributed by atoms with Crippen LogP contribution < -0.4 is 9.64 Å². The minimum absolute atomic E-state index is 0.0647.